The van der Waals surface area contributed by atoms with Gasteiger partial charge in [0.15, 0.2) is 5.12 Å². The van der Waals surface area contributed by atoms with Crippen LogP contribution in [0.1, 0.15) is 28.4 Å². The lowest BCUT2D eigenvalue weighted by Gasteiger charge is -2.10. The van der Waals surface area contributed by atoms with Gasteiger partial charge in [-0.3, -0.25) is 4.79 Å². The second-order valence-electron chi connectivity index (χ2n) is 3.81. The van der Waals surface area contributed by atoms with Crippen LogP contribution in [0.2, 0.25) is 0 Å². The Labute approximate surface area is 117 Å². The lowest BCUT2D eigenvalue weighted by molar-refractivity contribution is -0.138. The Morgan fingerprint density at radius 3 is 2.50 bits per heavy atom. The van der Waals surface area contributed by atoms with E-state index >= 15 is 0 Å². The molecule has 0 fully saturated rings. The van der Waals surface area contributed by atoms with E-state index in [0.717, 1.165) is 23.9 Å². The largest absolute Gasteiger partial charge is 0.478 e. The minimum atomic E-state index is -4.73. The number of rotatable bonds is 4. The van der Waals surface area contributed by atoms with Crippen LogP contribution in [0.5, 0.6) is 0 Å². The number of alkyl halides is 3. The van der Waals surface area contributed by atoms with Crippen molar-refractivity contribution < 1.29 is 27.9 Å². The Kier molecular flexibility index (Phi) is 5.38. The number of hydrogen-bond donors (Lipinski definition) is 1. The van der Waals surface area contributed by atoms with Crippen molar-refractivity contribution in [2.75, 3.05) is 5.75 Å². The Morgan fingerprint density at radius 2 is 2.00 bits per heavy atom. The quantitative estimate of drug-likeness (QED) is 0.921. The van der Waals surface area contributed by atoms with Crippen molar-refractivity contribution in [1.29, 1.82) is 0 Å². The van der Waals surface area contributed by atoms with Crippen molar-refractivity contribution in [2.45, 2.75) is 13.1 Å². The third kappa shape index (κ3) is 4.73. The lowest BCUT2D eigenvalue weighted by Crippen LogP contribution is -2.13. The summed E-state index contributed by atoms with van der Waals surface area (Å²) in [4.78, 5) is 21.4. The lowest BCUT2D eigenvalue weighted by atomic mass is 10.0. The van der Waals surface area contributed by atoms with Gasteiger partial charge in [-0.05, 0) is 17.7 Å². The number of carbonyl (C=O) groups excluding carboxylic acids is 1. The summed E-state index contributed by atoms with van der Waals surface area (Å²) in [7, 11) is 0. The summed E-state index contributed by atoms with van der Waals surface area (Å²) >= 11 is 1.03. The van der Waals surface area contributed by atoms with Crippen molar-refractivity contribution in [3.05, 3.63) is 41.0 Å². The average molecular weight is 304 g/mol. The summed E-state index contributed by atoms with van der Waals surface area (Å²) in [6.45, 7) is 1.39. The first-order valence-corrected chi connectivity index (χ1v) is 6.45. The minimum absolute atomic E-state index is 0.0909. The number of aromatic carboxylic acids is 1. The fraction of sp³-hybridized carbons (Fsp3) is 0.231. The average Bonchev–Trinajstić information content (AvgIpc) is 2.33. The molecular formula is C13H11F3O3S. The number of halogens is 3. The number of carboxylic acids is 1. The molecule has 0 spiro atoms. The monoisotopic (exact) mass is 304 g/mol. The van der Waals surface area contributed by atoms with Crippen LogP contribution in [0.4, 0.5) is 13.2 Å². The SMILES string of the molecule is CC(=O)SCC=Cc1ccc(C(=O)O)c(C(F)(F)F)c1. The standard InChI is InChI=1S/C13H11F3O3S/c1-8(17)20-6-2-3-9-4-5-10(12(18)19)11(7-9)13(14,15)16/h2-5,7H,6H2,1H3,(H,18,19). The zero-order valence-corrected chi connectivity index (χ0v) is 11.2. The fourth-order valence-corrected chi connectivity index (χ4v) is 1.86. The van der Waals surface area contributed by atoms with Crippen LogP contribution in [-0.4, -0.2) is 21.9 Å². The third-order valence-corrected chi connectivity index (χ3v) is 3.04. The first-order chi connectivity index (χ1) is 9.21. The zero-order valence-electron chi connectivity index (χ0n) is 10.4. The molecular weight excluding hydrogens is 293 g/mol. The second kappa shape index (κ2) is 6.60. The Morgan fingerprint density at radius 1 is 1.35 bits per heavy atom. The van der Waals surface area contributed by atoms with Gasteiger partial charge in [0, 0.05) is 12.7 Å². The molecule has 0 heterocycles. The van der Waals surface area contributed by atoms with Crippen LogP contribution in [0.15, 0.2) is 24.3 Å². The summed E-state index contributed by atoms with van der Waals surface area (Å²) in [5, 5.41) is 8.65. The molecule has 0 radical (unpaired) electrons. The predicted molar refractivity (Wildman–Crippen MR) is 70.6 cm³/mol. The molecule has 0 amide bonds. The van der Waals surface area contributed by atoms with E-state index in [4.69, 9.17) is 5.11 Å². The van der Waals surface area contributed by atoms with E-state index in [-0.39, 0.29) is 10.7 Å². The number of carbonyl (C=O) groups is 2. The maximum atomic E-state index is 12.7. The maximum absolute atomic E-state index is 12.7. The fourth-order valence-electron chi connectivity index (χ4n) is 1.44. The summed E-state index contributed by atoms with van der Waals surface area (Å²) in [6, 6.07) is 2.98. The maximum Gasteiger partial charge on any atom is 0.417 e. The molecule has 1 aromatic carbocycles. The van der Waals surface area contributed by atoms with Gasteiger partial charge in [0.25, 0.3) is 0 Å². The van der Waals surface area contributed by atoms with Gasteiger partial charge in [-0.15, -0.1) is 0 Å². The van der Waals surface area contributed by atoms with Gasteiger partial charge in [-0.2, -0.15) is 13.2 Å². The molecule has 7 heteroatoms. The molecule has 0 saturated carbocycles. The van der Waals surface area contributed by atoms with Gasteiger partial charge in [0.05, 0.1) is 11.1 Å². The van der Waals surface area contributed by atoms with Gasteiger partial charge < -0.3 is 5.11 Å². The highest BCUT2D eigenvalue weighted by Gasteiger charge is 2.35. The van der Waals surface area contributed by atoms with Crippen LogP contribution in [0.3, 0.4) is 0 Å². The van der Waals surface area contributed by atoms with Crippen LogP contribution in [0, 0.1) is 0 Å². The summed E-state index contributed by atoms with van der Waals surface area (Å²) in [5.41, 5.74) is -1.74. The molecule has 0 unspecified atom stereocenters. The van der Waals surface area contributed by atoms with Crippen molar-refractivity contribution >= 4 is 28.9 Å². The number of carboxylic acid groups (broad SMARTS) is 1. The molecule has 0 aliphatic heterocycles. The number of benzene rings is 1. The zero-order chi connectivity index (χ0) is 15.3. The van der Waals surface area contributed by atoms with Gasteiger partial charge >= 0.3 is 12.1 Å². The molecule has 0 aliphatic carbocycles. The molecule has 0 bridgehead atoms. The molecule has 0 saturated heterocycles. The first kappa shape index (κ1) is 16.3. The van der Waals surface area contributed by atoms with Crippen LogP contribution < -0.4 is 0 Å². The van der Waals surface area contributed by atoms with Crippen LogP contribution in [-0.2, 0) is 11.0 Å². The number of hydrogen-bond acceptors (Lipinski definition) is 3. The second-order valence-corrected chi connectivity index (χ2v) is 5.01. The third-order valence-electron chi connectivity index (χ3n) is 2.27. The Balaban J connectivity index is 3.01. The topological polar surface area (TPSA) is 54.4 Å². The Bertz CT molecular complexity index is 550. The van der Waals surface area contributed by atoms with E-state index in [1.807, 2.05) is 0 Å². The number of thioether (sulfide) groups is 1. The highest BCUT2D eigenvalue weighted by atomic mass is 32.2. The van der Waals surface area contributed by atoms with E-state index in [1.165, 1.54) is 19.1 Å². The molecule has 20 heavy (non-hydrogen) atoms. The van der Waals surface area contributed by atoms with Gasteiger partial charge in [-0.25, -0.2) is 4.79 Å². The van der Waals surface area contributed by atoms with E-state index in [9.17, 15) is 22.8 Å². The van der Waals surface area contributed by atoms with Crippen LogP contribution >= 0.6 is 11.8 Å². The first-order valence-electron chi connectivity index (χ1n) is 5.46. The van der Waals surface area contributed by atoms with E-state index in [2.05, 4.69) is 0 Å². The van der Waals surface area contributed by atoms with Gasteiger partial charge in [-0.1, -0.05) is 30.0 Å². The smallest absolute Gasteiger partial charge is 0.417 e. The molecule has 108 valence electrons. The minimum Gasteiger partial charge on any atom is -0.478 e. The van der Waals surface area contributed by atoms with Crippen molar-refractivity contribution in [2.24, 2.45) is 0 Å². The van der Waals surface area contributed by atoms with Crippen molar-refractivity contribution in [3.63, 3.8) is 0 Å². The van der Waals surface area contributed by atoms with Crippen molar-refractivity contribution in [1.82, 2.24) is 0 Å². The molecule has 1 aromatic rings. The van der Waals surface area contributed by atoms with Gasteiger partial charge in [0.1, 0.15) is 0 Å². The summed E-state index contributed by atoms with van der Waals surface area (Å²) in [5.74, 6) is -1.28. The van der Waals surface area contributed by atoms with Gasteiger partial charge in [0.2, 0.25) is 0 Å². The van der Waals surface area contributed by atoms with Crippen LogP contribution in [0.25, 0.3) is 6.08 Å². The van der Waals surface area contributed by atoms with E-state index < -0.39 is 23.3 Å². The predicted octanol–water partition coefficient (Wildman–Crippen LogP) is 3.70. The molecule has 1 N–H and O–H groups in total. The van der Waals surface area contributed by atoms with E-state index in [1.54, 1.807) is 6.08 Å². The summed E-state index contributed by atoms with van der Waals surface area (Å²) in [6.07, 6.45) is -1.77. The summed E-state index contributed by atoms with van der Waals surface area (Å²) < 4.78 is 38.2. The molecule has 1 rings (SSSR count). The van der Waals surface area contributed by atoms with E-state index in [0.29, 0.717) is 5.75 Å². The highest BCUT2D eigenvalue weighted by Crippen LogP contribution is 2.33. The molecule has 0 aliphatic rings. The molecule has 3 nitrogen and oxygen atoms in total. The van der Waals surface area contributed by atoms with Crippen molar-refractivity contribution in [3.8, 4) is 0 Å². The normalized spacial score (nSPS) is 11.8. The molecule has 0 aromatic heterocycles. The molecule has 0 atom stereocenters. The highest BCUT2D eigenvalue weighted by molar-refractivity contribution is 8.13. The Hall–Kier alpha value is -1.76.